The molecule has 4 rings (SSSR count). The number of hydrogen-bond acceptors (Lipinski definition) is 5. The first-order valence-corrected chi connectivity index (χ1v) is 11.1. The van der Waals surface area contributed by atoms with Crippen molar-refractivity contribution in [3.05, 3.63) is 82.6 Å². The highest BCUT2D eigenvalue weighted by Crippen LogP contribution is 2.26. The van der Waals surface area contributed by atoms with E-state index in [1.807, 2.05) is 36.4 Å². The highest BCUT2D eigenvalue weighted by atomic mass is 32.1. The number of ether oxygens (including phenoxy) is 1. The summed E-state index contributed by atoms with van der Waals surface area (Å²) in [7, 11) is 1.69. The van der Waals surface area contributed by atoms with Crippen LogP contribution in [0.4, 0.5) is 5.69 Å². The number of piperazine rings is 1. The fourth-order valence-electron chi connectivity index (χ4n) is 3.80. The normalized spacial score (nSPS) is 15.6. The van der Waals surface area contributed by atoms with Crippen LogP contribution in [0.1, 0.15) is 16.5 Å². The van der Waals surface area contributed by atoms with Crippen molar-refractivity contribution in [2.75, 3.05) is 44.7 Å². The van der Waals surface area contributed by atoms with Crippen LogP contribution in [0.15, 0.2) is 72.1 Å². The Hall–Kier alpha value is -2.83. The van der Waals surface area contributed by atoms with Crippen LogP contribution >= 0.6 is 11.3 Å². The van der Waals surface area contributed by atoms with E-state index in [0.717, 1.165) is 42.4 Å². The maximum Gasteiger partial charge on any atom is 0.234 e. The lowest BCUT2D eigenvalue weighted by Crippen LogP contribution is -2.49. The number of carbonyl (C=O) groups is 1. The highest BCUT2D eigenvalue weighted by Gasteiger charge is 2.22. The summed E-state index contributed by atoms with van der Waals surface area (Å²) in [6, 6.07) is 22.3. The zero-order chi connectivity index (χ0) is 20.8. The van der Waals surface area contributed by atoms with Crippen LogP contribution in [-0.4, -0.2) is 50.6 Å². The van der Waals surface area contributed by atoms with Crippen molar-refractivity contribution in [3.63, 3.8) is 0 Å². The number of methoxy groups -OCH3 is 1. The number of hydrogen-bond donors (Lipinski definition) is 1. The van der Waals surface area contributed by atoms with Crippen LogP contribution in [0.2, 0.25) is 0 Å². The van der Waals surface area contributed by atoms with E-state index in [4.69, 9.17) is 4.74 Å². The van der Waals surface area contributed by atoms with Gasteiger partial charge in [0.05, 0.1) is 19.7 Å². The van der Waals surface area contributed by atoms with Gasteiger partial charge in [0.1, 0.15) is 5.75 Å². The molecule has 5 nitrogen and oxygen atoms in total. The Kier molecular flexibility index (Phi) is 6.67. The Labute approximate surface area is 181 Å². The molecule has 2 aromatic carbocycles. The van der Waals surface area contributed by atoms with Crippen molar-refractivity contribution in [1.29, 1.82) is 0 Å². The second-order valence-electron chi connectivity index (χ2n) is 7.39. The highest BCUT2D eigenvalue weighted by molar-refractivity contribution is 7.10. The summed E-state index contributed by atoms with van der Waals surface area (Å²) in [5, 5.41) is 5.29. The van der Waals surface area contributed by atoms with Crippen molar-refractivity contribution < 1.29 is 9.53 Å². The van der Waals surface area contributed by atoms with Gasteiger partial charge in [-0.05, 0) is 29.1 Å². The smallest absolute Gasteiger partial charge is 0.234 e. The van der Waals surface area contributed by atoms with Crippen LogP contribution < -0.4 is 15.0 Å². The first-order valence-electron chi connectivity index (χ1n) is 10.2. The fourth-order valence-corrected chi connectivity index (χ4v) is 4.60. The fraction of sp³-hybridized carbons (Fsp3) is 0.292. The summed E-state index contributed by atoms with van der Waals surface area (Å²) in [4.78, 5) is 18.6. The number of thiophene rings is 1. The molecule has 0 saturated carbocycles. The molecule has 1 amide bonds. The number of benzene rings is 2. The largest absolute Gasteiger partial charge is 0.497 e. The predicted octanol–water partition coefficient (Wildman–Crippen LogP) is 3.78. The maximum atomic E-state index is 12.8. The quantitative estimate of drug-likeness (QED) is 0.631. The molecule has 1 unspecified atom stereocenters. The number of anilines is 1. The van der Waals surface area contributed by atoms with E-state index in [1.165, 1.54) is 5.69 Å². The van der Waals surface area contributed by atoms with E-state index in [-0.39, 0.29) is 11.9 Å². The zero-order valence-electron chi connectivity index (χ0n) is 17.2. The maximum absolute atomic E-state index is 12.8. The Morgan fingerprint density at radius 1 is 1.03 bits per heavy atom. The molecule has 1 aliphatic rings. The summed E-state index contributed by atoms with van der Waals surface area (Å²) in [6.07, 6.45) is 0. The minimum Gasteiger partial charge on any atom is -0.497 e. The van der Waals surface area contributed by atoms with Crippen LogP contribution in [0, 0.1) is 0 Å². The summed E-state index contributed by atoms with van der Waals surface area (Å²) in [5.41, 5.74) is 2.27. The molecule has 30 heavy (non-hydrogen) atoms. The van der Waals surface area contributed by atoms with Gasteiger partial charge in [-0.1, -0.05) is 42.5 Å². The van der Waals surface area contributed by atoms with E-state index in [2.05, 4.69) is 50.8 Å². The van der Waals surface area contributed by atoms with Gasteiger partial charge in [-0.25, -0.2) is 0 Å². The van der Waals surface area contributed by atoms with E-state index in [0.29, 0.717) is 6.54 Å². The molecule has 6 heteroatoms. The monoisotopic (exact) mass is 421 g/mol. The molecule has 1 saturated heterocycles. The van der Waals surface area contributed by atoms with Crippen molar-refractivity contribution in [2.24, 2.45) is 0 Å². The van der Waals surface area contributed by atoms with E-state index >= 15 is 0 Å². The number of nitrogens with zero attached hydrogens (tertiary/aromatic N) is 2. The Morgan fingerprint density at radius 2 is 1.83 bits per heavy atom. The molecule has 0 spiro atoms. The molecule has 1 atom stereocenters. The Morgan fingerprint density at radius 3 is 2.53 bits per heavy atom. The van der Waals surface area contributed by atoms with Gasteiger partial charge in [0.15, 0.2) is 0 Å². The number of nitrogens with one attached hydrogen (secondary N) is 1. The molecule has 3 aromatic rings. The molecule has 1 aromatic heterocycles. The van der Waals surface area contributed by atoms with Crippen LogP contribution in [-0.2, 0) is 4.79 Å². The van der Waals surface area contributed by atoms with Crippen LogP contribution in [0.5, 0.6) is 5.75 Å². The average Bonchev–Trinajstić information content (AvgIpc) is 3.33. The van der Waals surface area contributed by atoms with Crippen molar-refractivity contribution in [3.8, 4) is 5.75 Å². The molecule has 1 aliphatic heterocycles. The third kappa shape index (κ3) is 5.01. The molecule has 0 bridgehead atoms. The minimum atomic E-state index is -0.100. The number of rotatable bonds is 7. The number of carbonyl (C=O) groups excluding carboxylic acids is 1. The minimum absolute atomic E-state index is 0.0621. The zero-order valence-corrected chi connectivity index (χ0v) is 18.0. The SMILES string of the molecule is COc1cccc(N2CCN(CC(=O)NC(c3ccccc3)c3cccs3)CC2)c1. The number of amides is 1. The van der Waals surface area contributed by atoms with Crippen LogP contribution in [0.25, 0.3) is 0 Å². The standard InChI is InChI=1S/C24H27N3O2S/c1-29-21-10-5-9-20(17-21)27-14-12-26(13-15-27)18-23(28)25-24(22-11-6-16-30-22)19-7-3-2-4-8-19/h2-11,16-17,24H,12-15,18H2,1H3,(H,25,28). The first kappa shape index (κ1) is 20.4. The Bertz CT molecular complexity index is 938. The first-order chi connectivity index (χ1) is 14.7. The average molecular weight is 422 g/mol. The van der Waals surface area contributed by atoms with E-state index in [9.17, 15) is 4.79 Å². The summed E-state index contributed by atoms with van der Waals surface area (Å²) >= 11 is 1.67. The molecule has 0 radical (unpaired) electrons. The van der Waals surface area contributed by atoms with Gasteiger partial charge in [-0.3, -0.25) is 9.69 Å². The second-order valence-corrected chi connectivity index (χ2v) is 8.37. The molecule has 1 fully saturated rings. The third-order valence-electron chi connectivity index (χ3n) is 5.42. The topological polar surface area (TPSA) is 44.8 Å². The van der Waals surface area contributed by atoms with Gasteiger partial charge in [0.2, 0.25) is 5.91 Å². The predicted molar refractivity (Wildman–Crippen MR) is 122 cm³/mol. The van der Waals surface area contributed by atoms with Gasteiger partial charge in [-0.15, -0.1) is 11.3 Å². The lowest BCUT2D eigenvalue weighted by molar-refractivity contribution is -0.122. The molecule has 2 heterocycles. The second kappa shape index (κ2) is 9.78. The Balaban J connectivity index is 1.34. The lowest BCUT2D eigenvalue weighted by atomic mass is 10.1. The molecular weight excluding hydrogens is 394 g/mol. The molecule has 156 valence electrons. The van der Waals surface area contributed by atoms with Gasteiger partial charge in [0.25, 0.3) is 0 Å². The van der Waals surface area contributed by atoms with Gasteiger partial charge < -0.3 is 15.0 Å². The van der Waals surface area contributed by atoms with Gasteiger partial charge >= 0.3 is 0 Å². The summed E-state index contributed by atoms with van der Waals surface area (Å²) in [6.45, 7) is 3.93. The van der Waals surface area contributed by atoms with Crippen LogP contribution in [0.3, 0.4) is 0 Å². The van der Waals surface area contributed by atoms with Crippen molar-refractivity contribution >= 4 is 22.9 Å². The van der Waals surface area contributed by atoms with E-state index in [1.54, 1.807) is 18.4 Å². The molecule has 0 aliphatic carbocycles. The third-order valence-corrected chi connectivity index (χ3v) is 6.36. The van der Waals surface area contributed by atoms with Crippen molar-refractivity contribution in [1.82, 2.24) is 10.2 Å². The van der Waals surface area contributed by atoms with E-state index < -0.39 is 0 Å². The van der Waals surface area contributed by atoms with Crippen molar-refractivity contribution in [2.45, 2.75) is 6.04 Å². The van der Waals surface area contributed by atoms with Gasteiger partial charge in [0, 0.05) is 42.8 Å². The summed E-state index contributed by atoms with van der Waals surface area (Å²) < 4.78 is 5.33. The molecular formula is C24H27N3O2S. The van der Waals surface area contributed by atoms with Gasteiger partial charge in [-0.2, -0.15) is 0 Å². The lowest BCUT2D eigenvalue weighted by Gasteiger charge is -2.36. The molecule has 1 N–H and O–H groups in total. The summed E-state index contributed by atoms with van der Waals surface area (Å²) in [5.74, 6) is 0.932.